The zero-order valence-electron chi connectivity index (χ0n) is 10.8. The maximum absolute atomic E-state index is 12.7. The largest absolute Gasteiger partial charge is 0.462 e. The Balaban J connectivity index is 2.20. The van der Waals surface area contributed by atoms with E-state index in [0.717, 1.165) is 0 Å². The van der Waals surface area contributed by atoms with E-state index in [4.69, 9.17) is 15.9 Å². The SMILES string of the molecule is Nc1c2c(c(N)c3occc13)C(=O)c1ccccc1C2=O. The molecule has 0 fully saturated rings. The van der Waals surface area contributed by atoms with Gasteiger partial charge in [-0.05, 0) is 6.07 Å². The fourth-order valence-corrected chi connectivity index (χ4v) is 2.87. The van der Waals surface area contributed by atoms with Gasteiger partial charge in [-0.15, -0.1) is 0 Å². The highest BCUT2D eigenvalue weighted by Gasteiger charge is 2.35. The van der Waals surface area contributed by atoms with Crippen LogP contribution in [0.5, 0.6) is 0 Å². The van der Waals surface area contributed by atoms with E-state index >= 15 is 0 Å². The fourth-order valence-electron chi connectivity index (χ4n) is 2.87. The summed E-state index contributed by atoms with van der Waals surface area (Å²) in [6, 6.07) is 8.29. The Hall–Kier alpha value is -3.08. The molecule has 102 valence electrons. The summed E-state index contributed by atoms with van der Waals surface area (Å²) in [7, 11) is 0. The molecule has 3 aromatic rings. The van der Waals surface area contributed by atoms with E-state index in [2.05, 4.69) is 0 Å². The molecular weight excluding hydrogens is 268 g/mol. The molecule has 1 aliphatic rings. The van der Waals surface area contributed by atoms with Crippen molar-refractivity contribution < 1.29 is 14.0 Å². The van der Waals surface area contributed by atoms with Crippen molar-refractivity contribution in [2.24, 2.45) is 0 Å². The number of furan rings is 1. The van der Waals surface area contributed by atoms with Crippen molar-refractivity contribution in [1.29, 1.82) is 0 Å². The van der Waals surface area contributed by atoms with E-state index in [1.807, 2.05) is 0 Å². The maximum atomic E-state index is 12.7. The van der Waals surface area contributed by atoms with Gasteiger partial charge in [0.05, 0.1) is 28.8 Å². The first-order valence-electron chi connectivity index (χ1n) is 6.37. The molecule has 5 nitrogen and oxygen atoms in total. The first-order valence-corrected chi connectivity index (χ1v) is 6.37. The Morgan fingerprint density at radius 1 is 0.810 bits per heavy atom. The lowest BCUT2D eigenvalue weighted by atomic mass is 9.81. The summed E-state index contributed by atoms with van der Waals surface area (Å²) in [4.78, 5) is 25.3. The number of benzene rings is 2. The Morgan fingerprint density at radius 2 is 1.38 bits per heavy atom. The van der Waals surface area contributed by atoms with Crippen LogP contribution in [-0.4, -0.2) is 11.6 Å². The minimum absolute atomic E-state index is 0.138. The lowest BCUT2D eigenvalue weighted by Crippen LogP contribution is -2.23. The van der Waals surface area contributed by atoms with Gasteiger partial charge in [-0.25, -0.2) is 0 Å². The molecule has 1 aromatic heterocycles. The van der Waals surface area contributed by atoms with Crippen LogP contribution in [0.25, 0.3) is 11.0 Å². The lowest BCUT2D eigenvalue weighted by Gasteiger charge is -2.20. The number of nitrogen functional groups attached to an aromatic ring is 2. The third-order valence-electron chi connectivity index (χ3n) is 3.86. The lowest BCUT2D eigenvalue weighted by molar-refractivity contribution is 0.0980. The number of hydrogen-bond donors (Lipinski definition) is 2. The molecule has 0 atom stereocenters. The van der Waals surface area contributed by atoms with Gasteiger partial charge >= 0.3 is 0 Å². The second-order valence-electron chi connectivity index (χ2n) is 4.94. The molecule has 2 aromatic carbocycles. The van der Waals surface area contributed by atoms with Gasteiger partial charge in [0.2, 0.25) is 0 Å². The first kappa shape index (κ1) is 11.7. The van der Waals surface area contributed by atoms with Crippen LogP contribution in [0.2, 0.25) is 0 Å². The zero-order valence-corrected chi connectivity index (χ0v) is 10.8. The summed E-state index contributed by atoms with van der Waals surface area (Å²) in [6.07, 6.45) is 1.44. The minimum atomic E-state index is -0.303. The maximum Gasteiger partial charge on any atom is 0.196 e. The molecule has 5 heteroatoms. The van der Waals surface area contributed by atoms with E-state index in [1.54, 1.807) is 30.3 Å². The molecule has 4 N–H and O–H groups in total. The Kier molecular flexibility index (Phi) is 2.08. The van der Waals surface area contributed by atoms with Crippen molar-refractivity contribution in [2.45, 2.75) is 0 Å². The van der Waals surface area contributed by atoms with Crippen molar-refractivity contribution in [3.05, 3.63) is 58.8 Å². The quantitative estimate of drug-likeness (QED) is 0.380. The van der Waals surface area contributed by atoms with Crippen molar-refractivity contribution in [3.8, 4) is 0 Å². The predicted octanol–water partition coefficient (Wildman–Crippen LogP) is 2.37. The fraction of sp³-hybridized carbons (Fsp3) is 0. The standard InChI is InChI=1S/C16H10N2O3/c17-12-9-5-6-21-16(9)13(18)11-10(12)14(19)7-3-1-2-4-8(7)15(11)20/h1-6H,17-18H2. The highest BCUT2D eigenvalue weighted by atomic mass is 16.3. The first-order chi connectivity index (χ1) is 10.1. The van der Waals surface area contributed by atoms with Gasteiger partial charge in [0.1, 0.15) is 0 Å². The van der Waals surface area contributed by atoms with E-state index in [-0.39, 0.29) is 34.1 Å². The van der Waals surface area contributed by atoms with E-state index in [1.165, 1.54) is 6.26 Å². The number of fused-ring (bicyclic) bond motifs is 3. The summed E-state index contributed by atoms with van der Waals surface area (Å²) >= 11 is 0. The summed E-state index contributed by atoms with van der Waals surface area (Å²) < 4.78 is 5.30. The molecule has 0 aliphatic heterocycles. The second-order valence-corrected chi connectivity index (χ2v) is 4.94. The average Bonchev–Trinajstić information content (AvgIpc) is 2.98. The molecule has 0 saturated heterocycles. The molecule has 4 rings (SSSR count). The molecule has 0 saturated carbocycles. The van der Waals surface area contributed by atoms with Gasteiger partial charge < -0.3 is 15.9 Å². The van der Waals surface area contributed by atoms with E-state index in [0.29, 0.717) is 22.1 Å². The Bertz CT molecular complexity index is 879. The van der Waals surface area contributed by atoms with Crippen LogP contribution in [0, 0.1) is 0 Å². The zero-order chi connectivity index (χ0) is 14.7. The van der Waals surface area contributed by atoms with Gasteiger partial charge in [0, 0.05) is 16.5 Å². The van der Waals surface area contributed by atoms with Crippen LogP contribution in [0.15, 0.2) is 41.0 Å². The summed E-state index contributed by atoms with van der Waals surface area (Å²) in [5.41, 5.74) is 13.8. The number of ketones is 2. The molecular formula is C16H10N2O3. The molecule has 0 spiro atoms. The minimum Gasteiger partial charge on any atom is -0.462 e. The third kappa shape index (κ3) is 1.30. The van der Waals surface area contributed by atoms with Gasteiger partial charge in [0.15, 0.2) is 17.1 Å². The van der Waals surface area contributed by atoms with Crippen molar-refractivity contribution in [3.63, 3.8) is 0 Å². The van der Waals surface area contributed by atoms with Crippen LogP contribution in [0.3, 0.4) is 0 Å². The normalized spacial score (nSPS) is 13.3. The second kappa shape index (κ2) is 3.73. The molecule has 0 bridgehead atoms. The third-order valence-corrected chi connectivity index (χ3v) is 3.86. The number of nitrogens with two attached hydrogens (primary N) is 2. The van der Waals surface area contributed by atoms with Crippen molar-refractivity contribution in [2.75, 3.05) is 11.5 Å². The van der Waals surface area contributed by atoms with Crippen LogP contribution < -0.4 is 11.5 Å². The highest BCUT2D eigenvalue weighted by molar-refractivity contribution is 6.34. The molecule has 21 heavy (non-hydrogen) atoms. The van der Waals surface area contributed by atoms with Crippen LogP contribution in [0.4, 0.5) is 11.4 Å². The predicted molar refractivity (Wildman–Crippen MR) is 78.3 cm³/mol. The topological polar surface area (TPSA) is 99.3 Å². The van der Waals surface area contributed by atoms with Gasteiger partial charge in [-0.2, -0.15) is 0 Å². The van der Waals surface area contributed by atoms with Gasteiger partial charge in [-0.1, -0.05) is 24.3 Å². The Morgan fingerprint density at radius 3 is 2.00 bits per heavy atom. The molecule has 0 radical (unpaired) electrons. The van der Waals surface area contributed by atoms with Gasteiger partial charge in [0.25, 0.3) is 0 Å². The summed E-state index contributed by atoms with van der Waals surface area (Å²) in [5.74, 6) is -0.588. The summed E-state index contributed by atoms with van der Waals surface area (Å²) in [5, 5.41) is 0.548. The molecule has 0 amide bonds. The highest BCUT2D eigenvalue weighted by Crippen LogP contribution is 2.40. The smallest absolute Gasteiger partial charge is 0.196 e. The van der Waals surface area contributed by atoms with Crippen molar-refractivity contribution in [1.82, 2.24) is 0 Å². The molecule has 1 heterocycles. The van der Waals surface area contributed by atoms with Gasteiger partial charge in [-0.3, -0.25) is 9.59 Å². The Labute approximate surface area is 119 Å². The van der Waals surface area contributed by atoms with Crippen LogP contribution in [-0.2, 0) is 0 Å². The monoisotopic (exact) mass is 278 g/mol. The van der Waals surface area contributed by atoms with E-state index < -0.39 is 0 Å². The van der Waals surface area contributed by atoms with Crippen LogP contribution in [0.1, 0.15) is 31.8 Å². The number of carbonyl (C=O) groups is 2. The van der Waals surface area contributed by atoms with E-state index in [9.17, 15) is 9.59 Å². The number of hydrogen-bond acceptors (Lipinski definition) is 5. The number of rotatable bonds is 0. The summed E-state index contributed by atoms with van der Waals surface area (Å²) in [6.45, 7) is 0. The van der Waals surface area contributed by atoms with Crippen LogP contribution >= 0.6 is 0 Å². The van der Waals surface area contributed by atoms with Crippen molar-refractivity contribution >= 4 is 33.9 Å². The molecule has 1 aliphatic carbocycles. The number of carbonyl (C=O) groups excluding carboxylic acids is 2. The average molecular weight is 278 g/mol. The molecule has 0 unspecified atom stereocenters. The number of anilines is 2.